The maximum atomic E-state index is 6.18. The zero-order chi connectivity index (χ0) is 36.8. The molecule has 0 saturated heterocycles. The summed E-state index contributed by atoms with van der Waals surface area (Å²) < 4.78 is 7.73. The standard InChI is InChI=1S/C30H26NO.C19H26GeN.Ir/c1-3-7-21(8-4-1)17-22-15-16-31-28(18-22)25-12-14-29-27(19-25)26-13-11-24(20-30(26)32-29)23-9-5-2-6-10-23;1-6-15(2)12-17-13-19(16-10-8-7-9-11-16)21-14-18(17)20(3,4)5;/h2,5-6,9-11,13-16,18-21H,1,3-4,7-8,17H2;7-10,13-15H,6,12H2,1-5H3;/q2*-1;. The Bertz CT molecular complexity index is 2270. The molecule has 1 aliphatic carbocycles. The number of rotatable bonds is 9. The number of hydrogen-bond donors (Lipinski definition) is 0. The molecule has 0 amide bonds. The van der Waals surface area contributed by atoms with Crippen molar-refractivity contribution in [2.45, 2.75) is 82.5 Å². The molecule has 0 bridgehead atoms. The number of hydrogen-bond acceptors (Lipinski definition) is 3. The first-order valence-corrected chi connectivity index (χ1v) is 26.9. The fourth-order valence-electron chi connectivity index (χ4n) is 7.71. The Morgan fingerprint density at radius 3 is 2.28 bits per heavy atom. The van der Waals surface area contributed by atoms with E-state index < -0.39 is 13.3 Å². The third kappa shape index (κ3) is 9.69. The predicted molar refractivity (Wildman–Crippen MR) is 226 cm³/mol. The molecular weight excluding hydrogens is 897 g/mol. The van der Waals surface area contributed by atoms with Gasteiger partial charge in [-0.1, -0.05) is 91.6 Å². The Morgan fingerprint density at radius 2 is 1.54 bits per heavy atom. The number of fused-ring (bicyclic) bond motifs is 3. The molecule has 279 valence electrons. The van der Waals surface area contributed by atoms with Crippen LogP contribution in [0.4, 0.5) is 0 Å². The van der Waals surface area contributed by atoms with Crippen LogP contribution >= 0.6 is 0 Å². The zero-order valence-corrected chi connectivity index (χ0v) is 36.9. The fourth-order valence-corrected chi connectivity index (χ4v) is 11.0. The van der Waals surface area contributed by atoms with Gasteiger partial charge in [0.25, 0.3) is 0 Å². The summed E-state index contributed by atoms with van der Waals surface area (Å²) in [5.41, 5.74) is 11.2. The second-order valence-electron chi connectivity index (χ2n) is 16.0. The summed E-state index contributed by atoms with van der Waals surface area (Å²) >= 11 is -1.87. The van der Waals surface area contributed by atoms with Crippen molar-refractivity contribution in [2.24, 2.45) is 11.8 Å². The normalized spacial score (nSPS) is 13.9. The van der Waals surface area contributed by atoms with Crippen molar-refractivity contribution in [2.75, 3.05) is 0 Å². The van der Waals surface area contributed by atoms with Crippen LogP contribution in [0, 0.1) is 24.0 Å². The number of aromatic nitrogens is 2. The zero-order valence-electron chi connectivity index (χ0n) is 32.4. The smallest absolute Gasteiger partial charge is 0.121 e. The number of nitrogens with zero attached hydrogens (tertiary/aromatic N) is 2. The molecule has 8 rings (SSSR count). The van der Waals surface area contributed by atoms with E-state index in [0.29, 0.717) is 0 Å². The Morgan fingerprint density at radius 1 is 0.759 bits per heavy atom. The number of furan rings is 1. The molecule has 3 aromatic heterocycles. The minimum Gasteiger partial charge on any atom is -0.500 e. The van der Waals surface area contributed by atoms with Crippen LogP contribution in [0.5, 0.6) is 0 Å². The van der Waals surface area contributed by atoms with Gasteiger partial charge in [-0.2, -0.15) is 0 Å². The molecule has 0 aliphatic heterocycles. The van der Waals surface area contributed by atoms with Crippen LogP contribution in [0.3, 0.4) is 0 Å². The van der Waals surface area contributed by atoms with Crippen LogP contribution in [0.2, 0.25) is 17.3 Å². The third-order valence-electron chi connectivity index (χ3n) is 10.9. The molecule has 1 radical (unpaired) electrons. The third-order valence-corrected chi connectivity index (χ3v) is 15.2. The van der Waals surface area contributed by atoms with E-state index in [-0.39, 0.29) is 20.1 Å². The van der Waals surface area contributed by atoms with Gasteiger partial charge in [-0.3, -0.25) is 0 Å². The molecule has 4 aromatic carbocycles. The van der Waals surface area contributed by atoms with Gasteiger partial charge < -0.3 is 9.40 Å². The maximum Gasteiger partial charge on any atom is 0.121 e. The summed E-state index contributed by atoms with van der Waals surface area (Å²) in [4.78, 5) is 9.39. The first-order chi connectivity index (χ1) is 25.7. The van der Waals surface area contributed by atoms with E-state index in [1.807, 2.05) is 30.5 Å². The van der Waals surface area contributed by atoms with Gasteiger partial charge in [0, 0.05) is 31.7 Å². The monoisotopic (exact) mass is 951 g/mol. The summed E-state index contributed by atoms with van der Waals surface area (Å²) in [6.45, 7) is 4.62. The molecule has 3 heterocycles. The van der Waals surface area contributed by atoms with E-state index in [4.69, 9.17) is 9.40 Å². The Kier molecular flexibility index (Phi) is 13.4. The van der Waals surface area contributed by atoms with E-state index in [0.717, 1.165) is 69.1 Å². The van der Waals surface area contributed by atoms with Gasteiger partial charge in [0.15, 0.2) is 0 Å². The van der Waals surface area contributed by atoms with E-state index in [1.165, 1.54) is 60.8 Å². The van der Waals surface area contributed by atoms with Gasteiger partial charge in [-0.05, 0) is 41.3 Å². The summed E-state index contributed by atoms with van der Waals surface area (Å²) in [6.07, 6.45) is 14.5. The maximum absolute atomic E-state index is 6.18. The predicted octanol–water partition coefficient (Wildman–Crippen LogP) is 12.9. The second-order valence-corrected chi connectivity index (χ2v) is 26.6. The minimum absolute atomic E-state index is 0. The van der Waals surface area contributed by atoms with Crippen molar-refractivity contribution in [3.05, 3.63) is 139 Å². The summed E-state index contributed by atoms with van der Waals surface area (Å²) in [6, 6.07) is 42.6. The first-order valence-electron chi connectivity index (χ1n) is 19.6. The second kappa shape index (κ2) is 18.2. The van der Waals surface area contributed by atoms with Crippen LogP contribution in [0.1, 0.15) is 63.5 Å². The van der Waals surface area contributed by atoms with Gasteiger partial charge in [0.2, 0.25) is 0 Å². The average Bonchev–Trinajstić information content (AvgIpc) is 3.56. The fraction of sp³-hybridized carbons (Fsp3) is 0.306. The molecule has 1 saturated carbocycles. The summed E-state index contributed by atoms with van der Waals surface area (Å²) in [5, 5.41) is 2.25. The van der Waals surface area contributed by atoms with Crippen molar-refractivity contribution in [1.82, 2.24) is 9.97 Å². The van der Waals surface area contributed by atoms with Crippen molar-refractivity contribution in [3.63, 3.8) is 0 Å². The molecule has 0 N–H and O–H groups in total. The van der Waals surface area contributed by atoms with E-state index in [2.05, 4.69) is 133 Å². The van der Waals surface area contributed by atoms with Crippen LogP contribution < -0.4 is 4.40 Å². The molecule has 54 heavy (non-hydrogen) atoms. The molecular formula is C49H52GeIrN2O-2. The van der Waals surface area contributed by atoms with Gasteiger partial charge in [0.05, 0.1) is 5.58 Å². The topological polar surface area (TPSA) is 38.9 Å². The van der Waals surface area contributed by atoms with Gasteiger partial charge in [-0.15, -0.1) is 23.8 Å². The van der Waals surface area contributed by atoms with Crippen LogP contribution in [0.15, 0.2) is 120 Å². The van der Waals surface area contributed by atoms with Crippen LogP contribution in [0.25, 0.3) is 55.6 Å². The van der Waals surface area contributed by atoms with Gasteiger partial charge in [0.1, 0.15) is 5.58 Å². The molecule has 1 aliphatic rings. The molecule has 1 atom stereocenters. The van der Waals surface area contributed by atoms with Crippen molar-refractivity contribution in [3.8, 4) is 33.6 Å². The molecule has 3 nitrogen and oxygen atoms in total. The van der Waals surface area contributed by atoms with E-state index in [9.17, 15) is 0 Å². The minimum atomic E-state index is -1.87. The summed E-state index contributed by atoms with van der Waals surface area (Å²) in [7, 11) is 0. The van der Waals surface area contributed by atoms with Crippen molar-refractivity contribution >= 4 is 39.6 Å². The quantitative estimate of drug-likeness (QED) is 0.107. The van der Waals surface area contributed by atoms with Crippen LogP contribution in [-0.2, 0) is 32.9 Å². The molecule has 0 spiro atoms. The summed E-state index contributed by atoms with van der Waals surface area (Å²) in [5.74, 6) is 8.90. The van der Waals surface area contributed by atoms with E-state index in [1.54, 1.807) is 4.40 Å². The van der Waals surface area contributed by atoms with E-state index >= 15 is 0 Å². The van der Waals surface area contributed by atoms with Crippen molar-refractivity contribution < 1.29 is 24.5 Å². The Hall–Kier alpha value is -3.83. The van der Waals surface area contributed by atoms with Crippen molar-refractivity contribution in [1.29, 1.82) is 0 Å². The molecule has 1 fully saturated rings. The largest absolute Gasteiger partial charge is 0.500 e. The van der Waals surface area contributed by atoms with Gasteiger partial charge in [-0.25, -0.2) is 0 Å². The average molecular weight is 950 g/mol. The number of benzene rings is 4. The Labute approximate surface area is 338 Å². The molecule has 7 aromatic rings. The molecule has 1 unspecified atom stereocenters. The SMILES string of the molecule is CCC(C)Cc1cc(-c2[c-]cccc2)nc[c]1[Ge]([CH3])([CH3])[CH3].[Ir].[c-]1cc2oc3cc(-c4ccccc4)ccc3c2cc1-c1cc(CC2CCCCC2)ccn1. The molecule has 5 heteroatoms. The first kappa shape index (κ1) is 39.9. The number of pyridine rings is 2. The van der Waals surface area contributed by atoms with Crippen LogP contribution in [-0.4, -0.2) is 23.2 Å². The Balaban J connectivity index is 0.000000198. The van der Waals surface area contributed by atoms with Gasteiger partial charge >= 0.3 is 132 Å².